The van der Waals surface area contributed by atoms with Gasteiger partial charge in [0.05, 0.1) is 18.9 Å². The highest BCUT2D eigenvalue weighted by molar-refractivity contribution is 5.92. The predicted octanol–water partition coefficient (Wildman–Crippen LogP) is 2.30. The van der Waals surface area contributed by atoms with Crippen molar-refractivity contribution in [3.8, 4) is 0 Å². The third-order valence-corrected chi connectivity index (χ3v) is 3.84. The number of likely N-dealkylation sites (tertiary alicyclic amines) is 1. The van der Waals surface area contributed by atoms with Crippen LogP contribution in [0.25, 0.3) is 0 Å². The minimum Gasteiger partial charge on any atom is -0.373 e. The van der Waals surface area contributed by atoms with Gasteiger partial charge in [0.25, 0.3) is 5.91 Å². The van der Waals surface area contributed by atoms with Crippen molar-refractivity contribution in [3.05, 3.63) is 60.2 Å². The number of aromatic nitrogens is 2. The Bertz CT molecular complexity index is 596. The van der Waals surface area contributed by atoms with Crippen LogP contribution in [0.15, 0.2) is 48.9 Å². The highest BCUT2D eigenvalue weighted by atomic mass is 16.5. The van der Waals surface area contributed by atoms with Crippen LogP contribution in [0.5, 0.6) is 0 Å². The molecule has 0 bridgehead atoms. The summed E-state index contributed by atoms with van der Waals surface area (Å²) in [6.45, 7) is 2.04. The lowest BCUT2D eigenvalue weighted by Gasteiger charge is -2.31. The van der Waals surface area contributed by atoms with E-state index in [-0.39, 0.29) is 12.0 Å². The summed E-state index contributed by atoms with van der Waals surface area (Å²) in [4.78, 5) is 22.1. The Morgan fingerprint density at radius 1 is 1.18 bits per heavy atom. The van der Waals surface area contributed by atoms with E-state index in [9.17, 15) is 4.79 Å². The fourth-order valence-corrected chi connectivity index (χ4v) is 2.59. The molecule has 0 atom stereocenters. The van der Waals surface area contributed by atoms with E-state index in [1.807, 2.05) is 23.1 Å². The van der Waals surface area contributed by atoms with Gasteiger partial charge < -0.3 is 9.64 Å². The van der Waals surface area contributed by atoms with E-state index < -0.39 is 0 Å². The van der Waals surface area contributed by atoms with Crippen molar-refractivity contribution in [2.45, 2.75) is 25.6 Å². The quantitative estimate of drug-likeness (QED) is 0.869. The third kappa shape index (κ3) is 3.68. The zero-order chi connectivity index (χ0) is 15.2. The van der Waals surface area contributed by atoms with Crippen molar-refractivity contribution < 1.29 is 9.53 Å². The summed E-state index contributed by atoms with van der Waals surface area (Å²) in [5.74, 6) is -0.0467. The summed E-state index contributed by atoms with van der Waals surface area (Å²) in [5, 5.41) is 0. The average molecular weight is 297 g/mol. The number of ether oxygens (including phenoxy) is 1. The van der Waals surface area contributed by atoms with Crippen molar-refractivity contribution in [2.24, 2.45) is 0 Å². The molecule has 1 fully saturated rings. The van der Waals surface area contributed by atoms with E-state index in [0.717, 1.165) is 12.8 Å². The van der Waals surface area contributed by atoms with E-state index in [1.54, 1.807) is 12.4 Å². The maximum Gasteiger partial charge on any atom is 0.274 e. The topological polar surface area (TPSA) is 55.3 Å². The largest absolute Gasteiger partial charge is 0.373 e. The first kappa shape index (κ1) is 14.7. The van der Waals surface area contributed by atoms with Crippen LogP contribution in [0, 0.1) is 0 Å². The Balaban J connectivity index is 1.47. The lowest BCUT2D eigenvalue weighted by molar-refractivity contribution is -0.000518. The van der Waals surface area contributed by atoms with E-state index in [4.69, 9.17) is 4.74 Å². The summed E-state index contributed by atoms with van der Waals surface area (Å²) < 4.78 is 5.94. The summed E-state index contributed by atoms with van der Waals surface area (Å²) in [6.07, 6.45) is 6.56. The van der Waals surface area contributed by atoms with Crippen LogP contribution >= 0.6 is 0 Å². The zero-order valence-electron chi connectivity index (χ0n) is 12.4. The molecule has 0 spiro atoms. The average Bonchev–Trinajstić information content (AvgIpc) is 2.61. The molecule has 0 unspecified atom stereocenters. The van der Waals surface area contributed by atoms with Gasteiger partial charge in [0.1, 0.15) is 5.69 Å². The van der Waals surface area contributed by atoms with Gasteiger partial charge in [-0.2, -0.15) is 0 Å². The number of nitrogens with zero attached hydrogens (tertiary/aromatic N) is 3. The molecular weight excluding hydrogens is 278 g/mol. The van der Waals surface area contributed by atoms with Gasteiger partial charge in [-0.05, 0) is 18.4 Å². The van der Waals surface area contributed by atoms with Crippen molar-refractivity contribution in [1.82, 2.24) is 14.9 Å². The van der Waals surface area contributed by atoms with Crippen LogP contribution in [0.4, 0.5) is 0 Å². The maximum atomic E-state index is 12.3. The molecule has 3 rings (SSSR count). The Labute approximate surface area is 130 Å². The van der Waals surface area contributed by atoms with Gasteiger partial charge in [0, 0.05) is 25.5 Å². The molecule has 0 aliphatic carbocycles. The van der Waals surface area contributed by atoms with E-state index in [1.165, 1.54) is 11.8 Å². The van der Waals surface area contributed by atoms with Gasteiger partial charge in [-0.15, -0.1) is 0 Å². The first-order chi connectivity index (χ1) is 10.8. The van der Waals surface area contributed by atoms with Crippen LogP contribution in [0.2, 0.25) is 0 Å². The molecule has 0 radical (unpaired) electrons. The summed E-state index contributed by atoms with van der Waals surface area (Å²) >= 11 is 0. The number of carbonyl (C=O) groups excluding carboxylic acids is 1. The van der Waals surface area contributed by atoms with Gasteiger partial charge in [-0.25, -0.2) is 4.98 Å². The molecule has 0 saturated carbocycles. The molecule has 0 N–H and O–H groups in total. The minimum absolute atomic E-state index is 0.0467. The van der Waals surface area contributed by atoms with Gasteiger partial charge in [-0.1, -0.05) is 30.3 Å². The normalized spacial score (nSPS) is 15.7. The molecule has 1 aliphatic heterocycles. The second-order valence-corrected chi connectivity index (χ2v) is 5.38. The van der Waals surface area contributed by atoms with Crippen LogP contribution in [0.3, 0.4) is 0 Å². The minimum atomic E-state index is -0.0467. The lowest BCUT2D eigenvalue weighted by atomic mass is 10.1. The highest BCUT2D eigenvalue weighted by Crippen LogP contribution is 2.17. The van der Waals surface area contributed by atoms with Crippen LogP contribution in [-0.2, 0) is 11.3 Å². The predicted molar refractivity (Wildman–Crippen MR) is 82.2 cm³/mol. The molecule has 2 aromatic rings. The molecule has 5 nitrogen and oxygen atoms in total. The third-order valence-electron chi connectivity index (χ3n) is 3.84. The molecule has 1 aliphatic rings. The summed E-state index contributed by atoms with van der Waals surface area (Å²) in [6, 6.07) is 10.2. The second-order valence-electron chi connectivity index (χ2n) is 5.38. The first-order valence-corrected chi connectivity index (χ1v) is 7.54. The summed E-state index contributed by atoms with van der Waals surface area (Å²) in [7, 11) is 0. The van der Waals surface area contributed by atoms with Crippen molar-refractivity contribution in [1.29, 1.82) is 0 Å². The van der Waals surface area contributed by atoms with Crippen molar-refractivity contribution >= 4 is 5.91 Å². The molecule has 114 valence electrons. The number of benzene rings is 1. The van der Waals surface area contributed by atoms with Crippen LogP contribution in [0.1, 0.15) is 28.9 Å². The molecular formula is C17H19N3O2. The number of piperidine rings is 1. The van der Waals surface area contributed by atoms with Gasteiger partial charge >= 0.3 is 0 Å². The monoisotopic (exact) mass is 297 g/mol. The number of hydrogen-bond donors (Lipinski definition) is 0. The fraction of sp³-hybridized carbons (Fsp3) is 0.353. The Hall–Kier alpha value is -2.27. The SMILES string of the molecule is O=C(c1cnccn1)N1CCC(OCc2ccccc2)CC1. The number of hydrogen-bond acceptors (Lipinski definition) is 4. The molecule has 22 heavy (non-hydrogen) atoms. The van der Waals surface area contributed by atoms with Crippen molar-refractivity contribution in [3.63, 3.8) is 0 Å². The van der Waals surface area contributed by atoms with Gasteiger partial charge in [0.15, 0.2) is 0 Å². The van der Waals surface area contributed by atoms with E-state index in [0.29, 0.717) is 25.4 Å². The first-order valence-electron chi connectivity index (χ1n) is 7.54. The highest BCUT2D eigenvalue weighted by Gasteiger charge is 2.24. The van der Waals surface area contributed by atoms with Gasteiger partial charge in [0.2, 0.25) is 0 Å². The van der Waals surface area contributed by atoms with Crippen LogP contribution < -0.4 is 0 Å². The molecule has 1 amide bonds. The number of amides is 1. The smallest absolute Gasteiger partial charge is 0.274 e. The van der Waals surface area contributed by atoms with E-state index in [2.05, 4.69) is 22.1 Å². The summed E-state index contributed by atoms with van der Waals surface area (Å²) in [5.41, 5.74) is 1.59. The fourth-order valence-electron chi connectivity index (χ4n) is 2.59. The maximum absolute atomic E-state index is 12.3. The van der Waals surface area contributed by atoms with Crippen LogP contribution in [-0.4, -0.2) is 40.0 Å². The molecule has 1 aromatic heterocycles. The Kier molecular flexibility index (Phi) is 4.75. The van der Waals surface area contributed by atoms with E-state index >= 15 is 0 Å². The van der Waals surface area contributed by atoms with Gasteiger partial charge in [-0.3, -0.25) is 9.78 Å². The standard InChI is InChI=1S/C17H19N3O2/c21-17(16-12-18-8-9-19-16)20-10-6-15(7-11-20)22-13-14-4-2-1-3-5-14/h1-5,8-9,12,15H,6-7,10-11,13H2. The Morgan fingerprint density at radius 3 is 2.64 bits per heavy atom. The Morgan fingerprint density at radius 2 is 1.95 bits per heavy atom. The van der Waals surface area contributed by atoms with Crippen molar-refractivity contribution in [2.75, 3.05) is 13.1 Å². The number of rotatable bonds is 4. The molecule has 5 heteroatoms. The second kappa shape index (κ2) is 7.13. The lowest BCUT2D eigenvalue weighted by Crippen LogP contribution is -2.41. The zero-order valence-corrected chi connectivity index (χ0v) is 12.4. The molecule has 2 heterocycles. The molecule has 1 aromatic carbocycles. The molecule has 1 saturated heterocycles. The number of carbonyl (C=O) groups is 1.